The van der Waals surface area contributed by atoms with E-state index in [4.69, 9.17) is 9.16 Å². The molecule has 4 heteroatoms. The van der Waals surface area contributed by atoms with Gasteiger partial charge in [-0.05, 0) is 24.1 Å². The van der Waals surface area contributed by atoms with E-state index in [2.05, 4.69) is 20.8 Å². The number of hydrogen-bond acceptors (Lipinski definition) is 3. The largest absolute Gasteiger partial charge is 0.494 e. The van der Waals surface area contributed by atoms with Gasteiger partial charge in [-0.3, -0.25) is 0 Å². The summed E-state index contributed by atoms with van der Waals surface area (Å²) in [5.74, 6) is 0.344. The van der Waals surface area contributed by atoms with Crippen molar-refractivity contribution >= 4 is 14.5 Å². The zero-order valence-corrected chi connectivity index (χ0v) is 12.0. The first kappa shape index (κ1) is 14.5. The van der Waals surface area contributed by atoms with Crippen LogP contribution in [0, 0.1) is 5.92 Å². The Bertz CT molecular complexity index is 216. The number of hydrogen-bond donors (Lipinski definition) is 0. The van der Waals surface area contributed by atoms with Gasteiger partial charge in [0, 0.05) is 0 Å². The van der Waals surface area contributed by atoms with Crippen molar-refractivity contribution in [3.05, 3.63) is 0 Å². The molecule has 0 rings (SSSR count). The van der Waals surface area contributed by atoms with Gasteiger partial charge in [0.1, 0.15) is 0 Å². The molecule has 0 aliphatic heterocycles. The molecular formula is C11H24O3Si. The van der Waals surface area contributed by atoms with Gasteiger partial charge < -0.3 is 9.16 Å². The van der Waals surface area contributed by atoms with E-state index < -0.39 is 14.5 Å². The highest BCUT2D eigenvalue weighted by molar-refractivity contribution is 6.75. The normalized spacial score (nSPS) is 12.8. The molecule has 0 bridgehead atoms. The van der Waals surface area contributed by atoms with E-state index in [1.807, 2.05) is 26.9 Å². The topological polar surface area (TPSA) is 35.5 Å². The monoisotopic (exact) mass is 232 g/mol. The summed E-state index contributed by atoms with van der Waals surface area (Å²) in [6, 6.07) is 0. The van der Waals surface area contributed by atoms with Gasteiger partial charge in [0.25, 0.3) is 8.32 Å². The molecule has 90 valence electrons. The van der Waals surface area contributed by atoms with Gasteiger partial charge in [0.05, 0.1) is 6.61 Å². The van der Waals surface area contributed by atoms with Crippen molar-refractivity contribution in [2.45, 2.75) is 52.8 Å². The van der Waals surface area contributed by atoms with E-state index in [0.717, 1.165) is 0 Å². The summed E-state index contributed by atoms with van der Waals surface area (Å²) in [4.78, 5) is 11.4. The molecule has 0 saturated carbocycles. The Labute approximate surface area is 94.3 Å². The summed E-state index contributed by atoms with van der Waals surface area (Å²) in [5, 5.41) is 0.0316. The predicted molar refractivity (Wildman–Crippen MR) is 64.5 cm³/mol. The van der Waals surface area contributed by atoms with E-state index >= 15 is 0 Å². The highest BCUT2D eigenvalue weighted by Crippen LogP contribution is 2.36. The lowest BCUT2D eigenvalue weighted by Crippen LogP contribution is -2.42. The van der Waals surface area contributed by atoms with Crippen LogP contribution in [-0.2, 0) is 9.16 Å². The van der Waals surface area contributed by atoms with Gasteiger partial charge in [-0.1, -0.05) is 34.6 Å². The third-order valence-corrected chi connectivity index (χ3v) is 6.97. The number of ether oxygens (including phenoxy) is 1. The van der Waals surface area contributed by atoms with Crippen LogP contribution in [0.1, 0.15) is 34.6 Å². The van der Waals surface area contributed by atoms with Crippen molar-refractivity contribution in [3.63, 3.8) is 0 Å². The predicted octanol–water partition coefficient (Wildman–Crippen LogP) is 3.80. The van der Waals surface area contributed by atoms with Crippen molar-refractivity contribution in [1.29, 1.82) is 0 Å². The fourth-order valence-electron chi connectivity index (χ4n) is 0.626. The molecule has 3 nitrogen and oxygen atoms in total. The van der Waals surface area contributed by atoms with Crippen molar-refractivity contribution in [2.24, 2.45) is 5.92 Å². The second kappa shape index (κ2) is 5.01. The second-order valence-corrected chi connectivity index (χ2v) is 10.5. The van der Waals surface area contributed by atoms with Crippen LogP contribution >= 0.6 is 0 Å². The maximum Gasteiger partial charge on any atom is 0.494 e. The SMILES string of the molecule is CC(C)COC(=O)O[Si](C)(C)C(C)(C)C. The van der Waals surface area contributed by atoms with Crippen LogP contribution in [0.3, 0.4) is 0 Å². The van der Waals surface area contributed by atoms with Crippen molar-refractivity contribution < 1.29 is 14.0 Å². The third kappa shape index (κ3) is 5.21. The highest BCUT2D eigenvalue weighted by Gasteiger charge is 2.40. The second-order valence-electron chi connectivity index (χ2n) is 5.82. The number of carbonyl (C=O) groups is 1. The van der Waals surface area contributed by atoms with Crippen molar-refractivity contribution in [2.75, 3.05) is 6.61 Å². The molecule has 0 atom stereocenters. The molecule has 0 fully saturated rings. The summed E-state index contributed by atoms with van der Waals surface area (Å²) >= 11 is 0. The molecule has 0 spiro atoms. The average molecular weight is 232 g/mol. The Kier molecular flexibility index (Phi) is 4.84. The van der Waals surface area contributed by atoms with Gasteiger partial charge in [-0.15, -0.1) is 0 Å². The van der Waals surface area contributed by atoms with E-state index in [-0.39, 0.29) is 5.04 Å². The fourth-order valence-corrected chi connectivity index (χ4v) is 1.41. The smallest absolute Gasteiger partial charge is 0.489 e. The molecule has 0 aliphatic carbocycles. The van der Waals surface area contributed by atoms with Crippen LogP contribution < -0.4 is 0 Å². The molecule has 0 heterocycles. The van der Waals surface area contributed by atoms with Crippen LogP contribution in [0.5, 0.6) is 0 Å². The van der Waals surface area contributed by atoms with Crippen LogP contribution in [0.25, 0.3) is 0 Å². The number of carbonyl (C=O) groups excluding carboxylic acids is 1. The van der Waals surface area contributed by atoms with E-state index in [1.54, 1.807) is 0 Å². The average Bonchev–Trinajstić information content (AvgIpc) is 1.97. The zero-order chi connectivity index (χ0) is 12.3. The summed E-state index contributed by atoms with van der Waals surface area (Å²) in [5.41, 5.74) is 0. The van der Waals surface area contributed by atoms with Crippen LogP contribution in [0.4, 0.5) is 4.79 Å². The number of rotatable bonds is 3. The molecule has 0 saturated heterocycles. The third-order valence-electron chi connectivity index (χ3n) is 2.68. The maximum atomic E-state index is 11.4. The molecule has 0 aromatic rings. The summed E-state index contributed by atoms with van der Waals surface area (Å²) in [6.07, 6.45) is -0.518. The lowest BCUT2D eigenvalue weighted by molar-refractivity contribution is 0.0843. The van der Waals surface area contributed by atoms with E-state index in [9.17, 15) is 4.79 Å². The maximum absolute atomic E-state index is 11.4. The summed E-state index contributed by atoms with van der Waals surface area (Å²) in [7, 11) is -2.01. The minimum atomic E-state index is -2.01. The molecule has 0 aromatic carbocycles. The first-order chi connectivity index (χ1) is 6.56. The van der Waals surface area contributed by atoms with Gasteiger partial charge in [-0.25, -0.2) is 4.79 Å². The Hall–Kier alpha value is -0.513. The van der Waals surface area contributed by atoms with Gasteiger partial charge in [-0.2, -0.15) is 0 Å². The van der Waals surface area contributed by atoms with Crippen LogP contribution in [-0.4, -0.2) is 21.1 Å². The highest BCUT2D eigenvalue weighted by atomic mass is 28.4. The van der Waals surface area contributed by atoms with Crippen molar-refractivity contribution in [3.8, 4) is 0 Å². The van der Waals surface area contributed by atoms with Crippen LogP contribution in [0.15, 0.2) is 0 Å². The Morgan fingerprint density at radius 2 is 1.73 bits per heavy atom. The standard InChI is InChI=1S/C11H24O3Si/c1-9(2)8-13-10(12)14-15(6,7)11(3,4)5/h9H,8H2,1-7H3. The zero-order valence-electron chi connectivity index (χ0n) is 11.0. The molecule has 0 N–H and O–H groups in total. The first-order valence-corrected chi connectivity index (χ1v) is 8.33. The van der Waals surface area contributed by atoms with E-state index in [0.29, 0.717) is 12.5 Å². The minimum absolute atomic E-state index is 0.0316. The quantitative estimate of drug-likeness (QED) is 0.548. The molecule has 0 aromatic heterocycles. The van der Waals surface area contributed by atoms with Gasteiger partial charge in [0.15, 0.2) is 0 Å². The molecule has 0 amide bonds. The summed E-state index contributed by atoms with van der Waals surface area (Å²) in [6.45, 7) is 14.8. The molecule has 0 unspecified atom stereocenters. The minimum Gasteiger partial charge on any atom is -0.489 e. The van der Waals surface area contributed by atoms with Gasteiger partial charge in [0.2, 0.25) is 0 Å². The van der Waals surface area contributed by atoms with Crippen LogP contribution in [0.2, 0.25) is 18.1 Å². The molecular weight excluding hydrogens is 208 g/mol. The Morgan fingerprint density at radius 1 is 1.27 bits per heavy atom. The van der Waals surface area contributed by atoms with Crippen molar-refractivity contribution in [1.82, 2.24) is 0 Å². The summed E-state index contributed by atoms with van der Waals surface area (Å²) < 4.78 is 10.4. The Balaban J connectivity index is 4.17. The fraction of sp³-hybridized carbons (Fsp3) is 0.909. The Morgan fingerprint density at radius 3 is 2.07 bits per heavy atom. The first-order valence-electron chi connectivity index (χ1n) is 5.42. The molecule has 0 radical (unpaired) electrons. The lowest BCUT2D eigenvalue weighted by Gasteiger charge is -2.34. The lowest BCUT2D eigenvalue weighted by atomic mass is 10.2. The van der Waals surface area contributed by atoms with Gasteiger partial charge >= 0.3 is 6.16 Å². The molecule has 15 heavy (non-hydrogen) atoms. The molecule has 0 aliphatic rings. The van der Waals surface area contributed by atoms with E-state index in [1.165, 1.54) is 0 Å².